The fraction of sp³-hybridized carbons (Fsp3) is 0.933. The number of carbonyl (C=O) groups excluding carboxylic acids is 1. The van der Waals surface area contributed by atoms with Gasteiger partial charge in [0, 0.05) is 37.1 Å². The second-order valence-electron chi connectivity index (χ2n) is 6.83. The third kappa shape index (κ3) is 7.82. The molecule has 0 saturated heterocycles. The summed E-state index contributed by atoms with van der Waals surface area (Å²) in [6, 6.07) is 0.475. The summed E-state index contributed by atoms with van der Waals surface area (Å²) in [7, 11) is 4.13. The van der Waals surface area contributed by atoms with Crippen LogP contribution in [0.2, 0.25) is 0 Å². The van der Waals surface area contributed by atoms with Gasteiger partial charge in [-0.2, -0.15) is 0 Å². The van der Waals surface area contributed by atoms with Crippen molar-refractivity contribution in [1.29, 1.82) is 0 Å². The van der Waals surface area contributed by atoms with Gasteiger partial charge >= 0.3 is 0 Å². The van der Waals surface area contributed by atoms with Crippen LogP contribution in [0.5, 0.6) is 0 Å². The highest BCUT2D eigenvalue weighted by molar-refractivity contribution is 5.77. The number of hydrogen-bond donors (Lipinski definition) is 2. The first-order valence-electron chi connectivity index (χ1n) is 7.52. The molecular weight excluding hydrogens is 252 g/mol. The summed E-state index contributed by atoms with van der Waals surface area (Å²) in [4.78, 5) is 16.6. The molecule has 0 aromatic rings. The summed E-state index contributed by atoms with van der Waals surface area (Å²) in [6.07, 6.45) is 0.458. The average molecular weight is 286 g/mol. The summed E-state index contributed by atoms with van der Waals surface area (Å²) < 4.78 is 0. The minimum absolute atomic E-state index is 0.0726. The van der Waals surface area contributed by atoms with Crippen molar-refractivity contribution >= 4 is 5.91 Å². The minimum Gasteiger partial charge on any atom is -0.351 e. The van der Waals surface area contributed by atoms with E-state index in [2.05, 4.69) is 43.1 Å². The van der Waals surface area contributed by atoms with Crippen LogP contribution in [0.1, 0.15) is 41.0 Å². The molecule has 0 aliphatic heterocycles. The molecule has 0 aliphatic carbocycles. The van der Waals surface area contributed by atoms with Crippen molar-refractivity contribution in [3.63, 3.8) is 0 Å². The largest absolute Gasteiger partial charge is 0.351 e. The van der Waals surface area contributed by atoms with E-state index >= 15 is 0 Å². The van der Waals surface area contributed by atoms with E-state index < -0.39 is 0 Å². The van der Waals surface area contributed by atoms with E-state index in [1.165, 1.54) is 0 Å². The van der Waals surface area contributed by atoms with Crippen molar-refractivity contribution in [2.45, 2.75) is 58.7 Å². The van der Waals surface area contributed by atoms with E-state index in [0.717, 1.165) is 13.1 Å². The van der Waals surface area contributed by atoms with Crippen molar-refractivity contribution < 1.29 is 4.79 Å². The first-order chi connectivity index (χ1) is 9.10. The van der Waals surface area contributed by atoms with E-state index in [4.69, 9.17) is 5.73 Å². The van der Waals surface area contributed by atoms with Crippen LogP contribution < -0.4 is 11.1 Å². The van der Waals surface area contributed by atoms with E-state index in [0.29, 0.717) is 19.0 Å². The number of carbonyl (C=O) groups is 1. The number of likely N-dealkylation sites (N-methyl/N-ethyl adjacent to an activating group) is 2. The van der Waals surface area contributed by atoms with E-state index in [-0.39, 0.29) is 17.5 Å². The maximum absolute atomic E-state index is 12.1. The lowest BCUT2D eigenvalue weighted by Gasteiger charge is -2.36. The first kappa shape index (κ1) is 19.4. The topological polar surface area (TPSA) is 61.6 Å². The molecule has 0 heterocycles. The summed E-state index contributed by atoms with van der Waals surface area (Å²) >= 11 is 0. The molecule has 0 fully saturated rings. The molecule has 0 spiro atoms. The minimum atomic E-state index is -0.192. The van der Waals surface area contributed by atoms with Crippen molar-refractivity contribution in [3.05, 3.63) is 0 Å². The molecule has 0 aromatic carbocycles. The molecule has 2 atom stereocenters. The zero-order valence-electron chi connectivity index (χ0n) is 14.4. The van der Waals surface area contributed by atoms with Gasteiger partial charge in [-0.05, 0) is 48.3 Å². The molecule has 5 nitrogen and oxygen atoms in total. The average Bonchev–Trinajstić information content (AvgIpc) is 2.24. The zero-order chi connectivity index (χ0) is 15.9. The van der Waals surface area contributed by atoms with Gasteiger partial charge in [0.05, 0.1) is 0 Å². The molecule has 0 saturated carbocycles. The van der Waals surface area contributed by atoms with Gasteiger partial charge in [0.1, 0.15) is 0 Å². The summed E-state index contributed by atoms with van der Waals surface area (Å²) in [5.74, 6) is 0.0726. The fourth-order valence-electron chi connectivity index (χ4n) is 2.58. The van der Waals surface area contributed by atoms with Crippen molar-refractivity contribution in [3.8, 4) is 0 Å². The predicted octanol–water partition coefficient (Wildman–Crippen LogP) is 0.891. The number of hydrogen-bond acceptors (Lipinski definition) is 4. The molecule has 120 valence electrons. The highest BCUT2D eigenvalue weighted by Crippen LogP contribution is 2.10. The monoisotopic (exact) mass is 286 g/mol. The Morgan fingerprint density at radius 3 is 2.20 bits per heavy atom. The summed E-state index contributed by atoms with van der Waals surface area (Å²) in [6.45, 7) is 12.7. The van der Waals surface area contributed by atoms with Crippen LogP contribution in [-0.2, 0) is 4.79 Å². The van der Waals surface area contributed by atoms with Gasteiger partial charge < -0.3 is 16.0 Å². The summed E-state index contributed by atoms with van der Waals surface area (Å²) in [5.41, 5.74) is 5.70. The van der Waals surface area contributed by atoms with Gasteiger partial charge in [-0.25, -0.2) is 0 Å². The number of rotatable bonds is 8. The molecule has 5 heteroatoms. The molecule has 20 heavy (non-hydrogen) atoms. The lowest BCUT2D eigenvalue weighted by atomic mass is 10.1. The highest BCUT2D eigenvalue weighted by Gasteiger charge is 2.25. The third-order valence-corrected chi connectivity index (χ3v) is 3.24. The molecule has 3 N–H and O–H groups in total. The van der Waals surface area contributed by atoms with Gasteiger partial charge in [-0.3, -0.25) is 9.69 Å². The van der Waals surface area contributed by atoms with Gasteiger partial charge in [0.25, 0.3) is 0 Å². The number of nitrogens with two attached hydrogens (primary N) is 1. The Labute approximate surface area is 124 Å². The standard InChI is InChI=1S/C15H34N4O/c1-8-19(12(2)11-18(6)7)13(10-16)9-14(20)17-15(3,4)5/h12-13H,8-11,16H2,1-7H3,(H,17,20). The fourth-order valence-corrected chi connectivity index (χ4v) is 2.58. The Morgan fingerprint density at radius 2 is 1.85 bits per heavy atom. The van der Waals surface area contributed by atoms with Crippen LogP contribution in [0.4, 0.5) is 0 Å². The zero-order valence-corrected chi connectivity index (χ0v) is 14.4. The SMILES string of the molecule is CCN(C(C)CN(C)C)C(CN)CC(=O)NC(C)(C)C. The Balaban J connectivity index is 4.65. The highest BCUT2D eigenvalue weighted by atomic mass is 16.1. The first-order valence-corrected chi connectivity index (χ1v) is 7.52. The number of nitrogens with zero attached hydrogens (tertiary/aromatic N) is 2. The molecule has 2 unspecified atom stereocenters. The quantitative estimate of drug-likeness (QED) is 0.696. The van der Waals surface area contributed by atoms with E-state index in [1.54, 1.807) is 0 Å². The van der Waals surface area contributed by atoms with Gasteiger partial charge in [-0.15, -0.1) is 0 Å². The number of amides is 1. The Kier molecular flexibility index (Phi) is 8.32. The molecule has 0 radical (unpaired) electrons. The third-order valence-electron chi connectivity index (χ3n) is 3.24. The molecule has 1 amide bonds. The predicted molar refractivity (Wildman–Crippen MR) is 85.8 cm³/mol. The Morgan fingerprint density at radius 1 is 1.30 bits per heavy atom. The van der Waals surface area contributed by atoms with Gasteiger partial charge in [0.2, 0.25) is 5.91 Å². The van der Waals surface area contributed by atoms with Gasteiger partial charge in [0.15, 0.2) is 0 Å². The molecule has 0 aromatic heterocycles. The number of nitrogens with one attached hydrogen (secondary N) is 1. The Bertz CT molecular complexity index is 286. The summed E-state index contributed by atoms with van der Waals surface area (Å²) in [5, 5.41) is 3.01. The van der Waals surface area contributed by atoms with Crippen molar-refractivity contribution in [2.75, 3.05) is 33.7 Å². The van der Waals surface area contributed by atoms with Crippen molar-refractivity contribution in [1.82, 2.24) is 15.1 Å². The normalized spacial score (nSPS) is 15.5. The van der Waals surface area contributed by atoms with E-state index in [9.17, 15) is 4.79 Å². The van der Waals surface area contributed by atoms with Crippen LogP contribution in [0.25, 0.3) is 0 Å². The van der Waals surface area contributed by atoms with Crippen LogP contribution in [0.3, 0.4) is 0 Å². The maximum atomic E-state index is 12.1. The van der Waals surface area contributed by atoms with Gasteiger partial charge in [-0.1, -0.05) is 6.92 Å². The lowest BCUT2D eigenvalue weighted by molar-refractivity contribution is -0.123. The smallest absolute Gasteiger partial charge is 0.222 e. The maximum Gasteiger partial charge on any atom is 0.222 e. The van der Waals surface area contributed by atoms with Crippen LogP contribution in [0, 0.1) is 0 Å². The van der Waals surface area contributed by atoms with Crippen molar-refractivity contribution in [2.24, 2.45) is 5.73 Å². The molecule has 0 aliphatic rings. The second kappa shape index (κ2) is 8.60. The Hall–Kier alpha value is -0.650. The van der Waals surface area contributed by atoms with Crippen LogP contribution in [0.15, 0.2) is 0 Å². The molecule has 0 rings (SSSR count). The lowest BCUT2D eigenvalue weighted by Crippen LogP contribution is -2.52. The second-order valence-corrected chi connectivity index (χ2v) is 6.83. The van der Waals surface area contributed by atoms with Crippen LogP contribution >= 0.6 is 0 Å². The van der Waals surface area contributed by atoms with E-state index in [1.807, 2.05) is 20.8 Å². The molecule has 0 bridgehead atoms. The van der Waals surface area contributed by atoms with Crippen LogP contribution in [-0.4, -0.2) is 67.1 Å². The molecular formula is C15H34N4O.